The van der Waals surface area contributed by atoms with E-state index in [0.29, 0.717) is 6.54 Å². The zero-order valence-electron chi connectivity index (χ0n) is 10.5. The fourth-order valence-electron chi connectivity index (χ4n) is 2.01. The van der Waals surface area contributed by atoms with Crippen LogP contribution in [-0.4, -0.2) is 14.5 Å². The summed E-state index contributed by atoms with van der Waals surface area (Å²) >= 11 is 7.07. The molecule has 19 heavy (non-hydrogen) atoms. The molecule has 1 aromatic carbocycles. The van der Waals surface area contributed by atoms with E-state index in [4.69, 9.17) is 12.2 Å². The summed E-state index contributed by atoms with van der Waals surface area (Å²) in [7, 11) is 0. The van der Waals surface area contributed by atoms with Crippen LogP contribution in [0.25, 0.3) is 11.3 Å². The van der Waals surface area contributed by atoms with Crippen molar-refractivity contribution in [2.45, 2.75) is 13.5 Å². The average molecular weight is 287 g/mol. The number of H-pyrrole nitrogens is 1. The highest BCUT2D eigenvalue weighted by atomic mass is 32.1. The Balaban J connectivity index is 2.02. The molecule has 0 aliphatic rings. The van der Waals surface area contributed by atoms with Gasteiger partial charge in [0.1, 0.15) is 5.01 Å². The van der Waals surface area contributed by atoms with E-state index in [1.165, 1.54) is 4.88 Å². The van der Waals surface area contributed by atoms with E-state index in [0.717, 1.165) is 21.0 Å². The van der Waals surface area contributed by atoms with Crippen LogP contribution in [0.2, 0.25) is 0 Å². The van der Waals surface area contributed by atoms with Gasteiger partial charge in [-0.1, -0.05) is 30.3 Å². The Hall–Kier alpha value is -1.72. The Morgan fingerprint density at radius 3 is 2.79 bits per heavy atom. The van der Waals surface area contributed by atoms with E-state index in [-0.39, 0.29) is 0 Å². The Bertz CT molecular complexity index is 737. The molecule has 0 amide bonds. The van der Waals surface area contributed by atoms with Crippen LogP contribution in [0, 0.1) is 11.7 Å². The molecule has 3 rings (SSSR count). The van der Waals surface area contributed by atoms with Crippen molar-refractivity contribution >= 4 is 23.6 Å². The van der Waals surface area contributed by atoms with Crippen molar-refractivity contribution in [2.24, 2.45) is 0 Å². The van der Waals surface area contributed by atoms with E-state index in [1.807, 2.05) is 30.6 Å². The molecule has 0 atom stereocenters. The van der Waals surface area contributed by atoms with Gasteiger partial charge in [0, 0.05) is 17.3 Å². The highest BCUT2D eigenvalue weighted by molar-refractivity contribution is 7.71. The van der Waals surface area contributed by atoms with Gasteiger partial charge in [0.15, 0.2) is 4.77 Å². The molecular weight excluding hydrogens is 274 g/mol. The van der Waals surface area contributed by atoms with Gasteiger partial charge >= 0.3 is 0 Å². The molecule has 5 heteroatoms. The Morgan fingerprint density at radius 2 is 2.11 bits per heavy atom. The first-order valence-corrected chi connectivity index (χ1v) is 7.21. The van der Waals surface area contributed by atoms with E-state index in [2.05, 4.69) is 33.6 Å². The molecule has 0 fully saturated rings. The topological polar surface area (TPSA) is 33.6 Å². The molecule has 0 spiro atoms. The van der Waals surface area contributed by atoms with Crippen LogP contribution in [-0.2, 0) is 6.54 Å². The standard InChI is InChI=1S/C14H13N3S2/c1-10-7-15-13(19-10)9-17-12(8-16-14(17)18)11-5-3-2-4-6-11/h2-8H,9H2,1H3,(H,16,18). The van der Waals surface area contributed by atoms with Gasteiger partial charge < -0.3 is 9.55 Å². The van der Waals surface area contributed by atoms with Crippen molar-refractivity contribution in [3.05, 3.63) is 57.4 Å². The molecule has 0 saturated carbocycles. The summed E-state index contributed by atoms with van der Waals surface area (Å²) < 4.78 is 2.81. The number of hydrogen-bond acceptors (Lipinski definition) is 3. The molecule has 0 aliphatic carbocycles. The minimum absolute atomic E-state index is 0.713. The number of nitrogens with one attached hydrogen (secondary N) is 1. The Morgan fingerprint density at radius 1 is 1.32 bits per heavy atom. The number of thiazole rings is 1. The van der Waals surface area contributed by atoms with Gasteiger partial charge in [0.05, 0.1) is 12.2 Å². The second kappa shape index (κ2) is 5.11. The first-order chi connectivity index (χ1) is 9.24. The fourth-order valence-corrected chi connectivity index (χ4v) is 3.01. The van der Waals surface area contributed by atoms with Gasteiger partial charge in [-0.05, 0) is 24.7 Å². The van der Waals surface area contributed by atoms with Gasteiger partial charge in [-0.2, -0.15) is 0 Å². The van der Waals surface area contributed by atoms with Crippen LogP contribution < -0.4 is 0 Å². The van der Waals surface area contributed by atoms with Gasteiger partial charge in [-0.15, -0.1) is 11.3 Å². The summed E-state index contributed by atoms with van der Waals surface area (Å²) in [5.41, 5.74) is 2.25. The molecule has 96 valence electrons. The Labute approximate surface area is 120 Å². The van der Waals surface area contributed by atoms with Crippen LogP contribution in [0.4, 0.5) is 0 Å². The number of aromatic amines is 1. The van der Waals surface area contributed by atoms with Crippen LogP contribution in [0.5, 0.6) is 0 Å². The highest BCUT2D eigenvalue weighted by Gasteiger charge is 2.08. The van der Waals surface area contributed by atoms with E-state index >= 15 is 0 Å². The number of hydrogen-bond donors (Lipinski definition) is 1. The molecule has 3 aromatic rings. The maximum atomic E-state index is 5.36. The SMILES string of the molecule is Cc1cnc(Cn2c(-c3ccccc3)c[nH]c2=S)s1. The molecule has 0 bridgehead atoms. The number of benzene rings is 1. The maximum absolute atomic E-state index is 5.36. The van der Waals surface area contributed by atoms with Crippen molar-refractivity contribution < 1.29 is 0 Å². The molecule has 3 nitrogen and oxygen atoms in total. The molecule has 0 saturated heterocycles. The highest BCUT2D eigenvalue weighted by Crippen LogP contribution is 2.21. The number of rotatable bonds is 3. The third kappa shape index (κ3) is 2.52. The van der Waals surface area contributed by atoms with Crippen LogP contribution >= 0.6 is 23.6 Å². The van der Waals surface area contributed by atoms with Crippen molar-refractivity contribution in [3.63, 3.8) is 0 Å². The number of imidazole rings is 1. The van der Waals surface area contributed by atoms with E-state index in [1.54, 1.807) is 11.3 Å². The molecule has 2 heterocycles. The second-order valence-corrected chi connectivity index (χ2v) is 6.00. The van der Waals surface area contributed by atoms with E-state index in [9.17, 15) is 0 Å². The zero-order valence-corrected chi connectivity index (χ0v) is 12.1. The van der Waals surface area contributed by atoms with Gasteiger partial charge in [-0.3, -0.25) is 0 Å². The third-order valence-electron chi connectivity index (χ3n) is 2.90. The quantitative estimate of drug-likeness (QED) is 0.738. The molecule has 1 N–H and O–H groups in total. The molecule has 0 radical (unpaired) electrons. The van der Waals surface area contributed by atoms with Crippen LogP contribution in [0.1, 0.15) is 9.88 Å². The van der Waals surface area contributed by atoms with Gasteiger partial charge in [-0.25, -0.2) is 4.98 Å². The van der Waals surface area contributed by atoms with Crippen molar-refractivity contribution in [3.8, 4) is 11.3 Å². The summed E-state index contributed by atoms with van der Waals surface area (Å²) in [4.78, 5) is 8.74. The van der Waals surface area contributed by atoms with Crippen molar-refractivity contribution in [2.75, 3.05) is 0 Å². The lowest BCUT2D eigenvalue weighted by Gasteiger charge is -2.06. The number of aromatic nitrogens is 3. The smallest absolute Gasteiger partial charge is 0.178 e. The summed E-state index contributed by atoms with van der Waals surface area (Å²) in [5.74, 6) is 0. The Kier molecular flexibility index (Phi) is 3.31. The number of aryl methyl sites for hydroxylation is 1. The van der Waals surface area contributed by atoms with Crippen molar-refractivity contribution in [1.29, 1.82) is 0 Å². The normalized spacial score (nSPS) is 10.8. The lowest BCUT2D eigenvalue weighted by Crippen LogP contribution is -2.01. The zero-order chi connectivity index (χ0) is 13.2. The lowest BCUT2D eigenvalue weighted by atomic mass is 10.2. The monoisotopic (exact) mass is 287 g/mol. The van der Waals surface area contributed by atoms with Crippen LogP contribution in [0.15, 0.2) is 42.7 Å². The van der Waals surface area contributed by atoms with Crippen LogP contribution in [0.3, 0.4) is 0 Å². The lowest BCUT2D eigenvalue weighted by molar-refractivity contribution is 0.785. The summed E-state index contributed by atoms with van der Waals surface area (Å²) in [6.45, 7) is 2.78. The fraction of sp³-hybridized carbons (Fsp3) is 0.143. The number of nitrogens with zero attached hydrogens (tertiary/aromatic N) is 2. The van der Waals surface area contributed by atoms with Gasteiger partial charge in [0.2, 0.25) is 0 Å². The predicted octanol–water partition coefficient (Wildman–Crippen LogP) is 4.03. The summed E-state index contributed by atoms with van der Waals surface area (Å²) in [6.07, 6.45) is 3.86. The predicted molar refractivity (Wildman–Crippen MR) is 81.0 cm³/mol. The first-order valence-electron chi connectivity index (χ1n) is 5.99. The minimum atomic E-state index is 0.713. The second-order valence-electron chi connectivity index (χ2n) is 4.30. The molecular formula is C14H13N3S2. The molecule has 2 aromatic heterocycles. The average Bonchev–Trinajstić information content (AvgIpc) is 2.99. The van der Waals surface area contributed by atoms with E-state index < -0.39 is 0 Å². The largest absolute Gasteiger partial charge is 0.337 e. The summed E-state index contributed by atoms with van der Waals surface area (Å²) in [5, 5.41) is 1.07. The third-order valence-corrected chi connectivity index (χ3v) is 4.14. The van der Waals surface area contributed by atoms with Crippen molar-refractivity contribution in [1.82, 2.24) is 14.5 Å². The van der Waals surface area contributed by atoms with Gasteiger partial charge in [0.25, 0.3) is 0 Å². The molecule has 0 unspecified atom stereocenters. The minimum Gasteiger partial charge on any atom is -0.337 e. The summed E-state index contributed by atoms with van der Waals surface area (Å²) in [6, 6.07) is 10.2. The maximum Gasteiger partial charge on any atom is 0.178 e. The first kappa shape index (κ1) is 12.3. The molecule has 0 aliphatic heterocycles.